The van der Waals surface area contributed by atoms with Crippen LogP contribution in [0.3, 0.4) is 0 Å². The van der Waals surface area contributed by atoms with E-state index in [1.165, 1.54) is 32.1 Å². The molecule has 2 aromatic carbocycles. The van der Waals surface area contributed by atoms with Crippen LogP contribution in [0.1, 0.15) is 84.1 Å². The van der Waals surface area contributed by atoms with Gasteiger partial charge in [-0.15, -0.1) is 0 Å². The molecule has 6 nitrogen and oxygen atoms in total. The molecule has 2 saturated heterocycles. The molecule has 0 radical (unpaired) electrons. The van der Waals surface area contributed by atoms with Crippen LogP contribution in [-0.2, 0) is 11.3 Å². The van der Waals surface area contributed by atoms with E-state index in [-0.39, 0.29) is 11.7 Å². The molecule has 2 aromatic rings. The lowest BCUT2D eigenvalue weighted by Gasteiger charge is -2.46. The van der Waals surface area contributed by atoms with Crippen molar-refractivity contribution in [2.24, 2.45) is 0 Å². The van der Waals surface area contributed by atoms with Crippen LogP contribution in [0.15, 0.2) is 54.6 Å². The fourth-order valence-corrected chi connectivity index (χ4v) is 6.64. The number of piperidine rings is 1. The lowest BCUT2D eigenvalue weighted by atomic mass is 9.82. The number of carbonyl (C=O) groups is 3. The van der Waals surface area contributed by atoms with Gasteiger partial charge in [-0.3, -0.25) is 19.3 Å². The molecule has 0 N–H and O–H groups in total. The Morgan fingerprint density at radius 2 is 1.73 bits per heavy atom. The normalized spacial score (nSPS) is 21.0. The van der Waals surface area contributed by atoms with Crippen molar-refractivity contribution >= 4 is 18.0 Å². The van der Waals surface area contributed by atoms with Gasteiger partial charge in [0.05, 0.1) is 6.67 Å². The predicted molar refractivity (Wildman–Crippen MR) is 144 cm³/mol. The summed E-state index contributed by atoms with van der Waals surface area (Å²) in [5.74, 6) is 0.464. The second kappa shape index (κ2) is 11.7. The number of rotatable bonds is 9. The maximum Gasteiger partial charge on any atom is 0.244 e. The molecular formula is C31H39N3O3. The minimum absolute atomic E-state index is 0.206. The Labute approximate surface area is 220 Å². The van der Waals surface area contributed by atoms with Crippen LogP contribution in [0.4, 0.5) is 0 Å². The summed E-state index contributed by atoms with van der Waals surface area (Å²) in [6.45, 7) is 3.91. The third-order valence-corrected chi connectivity index (χ3v) is 8.69. The fraction of sp³-hybridized carbons (Fsp3) is 0.516. The molecule has 2 aliphatic heterocycles. The number of carbonyl (C=O) groups excluding carboxylic acids is 3. The number of amides is 1. The van der Waals surface area contributed by atoms with Crippen LogP contribution in [0.5, 0.6) is 0 Å². The Morgan fingerprint density at radius 1 is 0.973 bits per heavy atom. The van der Waals surface area contributed by atoms with Crippen molar-refractivity contribution in [3.8, 4) is 0 Å². The summed E-state index contributed by atoms with van der Waals surface area (Å²) in [7, 11) is 0. The third kappa shape index (κ3) is 5.70. The van der Waals surface area contributed by atoms with E-state index < -0.39 is 5.54 Å². The van der Waals surface area contributed by atoms with E-state index in [4.69, 9.17) is 0 Å². The highest BCUT2D eigenvalue weighted by Crippen LogP contribution is 2.41. The van der Waals surface area contributed by atoms with Crippen LogP contribution in [0, 0.1) is 0 Å². The number of hydrogen-bond donors (Lipinski definition) is 0. The van der Waals surface area contributed by atoms with Crippen molar-refractivity contribution in [2.45, 2.75) is 75.9 Å². The average Bonchev–Trinajstić information content (AvgIpc) is 3.21. The first-order valence-electron chi connectivity index (χ1n) is 14.0. The van der Waals surface area contributed by atoms with Crippen LogP contribution in [0.25, 0.3) is 0 Å². The molecule has 1 amide bonds. The van der Waals surface area contributed by atoms with Crippen molar-refractivity contribution in [1.29, 1.82) is 0 Å². The van der Waals surface area contributed by atoms with Crippen molar-refractivity contribution in [1.82, 2.24) is 14.7 Å². The van der Waals surface area contributed by atoms with E-state index in [1.54, 1.807) is 6.07 Å². The van der Waals surface area contributed by atoms with Crippen LogP contribution in [0.2, 0.25) is 0 Å². The van der Waals surface area contributed by atoms with Gasteiger partial charge in [-0.05, 0) is 50.3 Å². The summed E-state index contributed by atoms with van der Waals surface area (Å²) in [5.41, 5.74) is 2.04. The number of nitrogens with zero attached hydrogens (tertiary/aromatic N) is 3. The van der Waals surface area contributed by atoms with Gasteiger partial charge in [-0.1, -0.05) is 67.8 Å². The summed E-state index contributed by atoms with van der Waals surface area (Å²) < 4.78 is 0. The largest absolute Gasteiger partial charge is 0.324 e. The summed E-state index contributed by atoms with van der Waals surface area (Å²) in [6, 6.07) is 17.6. The highest BCUT2D eigenvalue weighted by atomic mass is 16.2. The van der Waals surface area contributed by atoms with E-state index in [2.05, 4.69) is 9.80 Å². The van der Waals surface area contributed by atoms with E-state index in [0.29, 0.717) is 31.2 Å². The van der Waals surface area contributed by atoms with Crippen molar-refractivity contribution < 1.29 is 14.4 Å². The maximum atomic E-state index is 14.0. The molecule has 0 atom stereocenters. The van der Waals surface area contributed by atoms with Crippen LogP contribution in [-0.4, -0.2) is 70.6 Å². The van der Waals surface area contributed by atoms with Crippen LogP contribution >= 0.6 is 0 Å². The zero-order valence-electron chi connectivity index (χ0n) is 21.8. The molecule has 1 aliphatic carbocycles. The zero-order chi connectivity index (χ0) is 25.7. The molecule has 1 spiro atoms. The molecule has 37 heavy (non-hydrogen) atoms. The number of ketones is 1. The SMILES string of the molecule is O=Cc1cccc(CN2CN(C3CCCCC3)C3(CCN(CCCC(=O)c4ccccc4)CC3)C2=O)c1. The monoisotopic (exact) mass is 501 g/mol. The Balaban J connectivity index is 1.23. The summed E-state index contributed by atoms with van der Waals surface area (Å²) in [6.07, 6.45) is 10.1. The zero-order valence-corrected chi connectivity index (χ0v) is 21.8. The van der Waals surface area contributed by atoms with Gasteiger partial charge in [-0.25, -0.2) is 0 Å². The predicted octanol–water partition coefficient (Wildman–Crippen LogP) is 4.93. The van der Waals surface area contributed by atoms with Crippen molar-refractivity contribution in [3.63, 3.8) is 0 Å². The maximum absolute atomic E-state index is 14.0. The number of hydrogen-bond acceptors (Lipinski definition) is 5. The van der Waals surface area contributed by atoms with Crippen molar-refractivity contribution in [3.05, 3.63) is 71.3 Å². The van der Waals surface area contributed by atoms with Gasteiger partial charge in [0.25, 0.3) is 0 Å². The van der Waals surface area contributed by atoms with Gasteiger partial charge in [0.2, 0.25) is 5.91 Å². The van der Waals surface area contributed by atoms with E-state index >= 15 is 0 Å². The summed E-state index contributed by atoms with van der Waals surface area (Å²) >= 11 is 0. The summed E-state index contributed by atoms with van der Waals surface area (Å²) in [5, 5.41) is 0. The molecule has 2 heterocycles. The Kier molecular flexibility index (Phi) is 8.16. The lowest BCUT2D eigenvalue weighted by molar-refractivity contribution is -0.137. The Morgan fingerprint density at radius 3 is 2.46 bits per heavy atom. The first-order valence-corrected chi connectivity index (χ1v) is 14.0. The third-order valence-electron chi connectivity index (χ3n) is 8.69. The minimum Gasteiger partial charge on any atom is -0.324 e. The molecule has 0 aromatic heterocycles. The van der Waals surface area contributed by atoms with Gasteiger partial charge in [0.1, 0.15) is 11.8 Å². The number of Topliss-reactive ketones (excluding diaryl/α,β-unsaturated/α-hetero) is 1. The molecule has 0 bridgehead atoms. The smallest absolute Gasteiger partial charge is 0.244 e. The highest BCUT2D eigenvalue weighted by molar-refractivity contribution is 5.96. The van der Waals surface area contributed by atoms with E-state index in [9.17, 15) is 14.4 Å². The fourth-order valence-electron chi connectivity index (χ4n) is 6.64. The van der Waals surface area contributed by atoms with Gasteiger partial charge >= 0.3 is 0 Å². The molecule has 5 rings (SSSR count). The first-order chi connectivity index (χ1) is 18.1. The topological polar surface area (TPSA) is 60.9 Å². The van der Waals surface area contributed by atoms with Crippen molar-refractivity contribution in [2.75, 3.05) is 26.3 Å². The Hall–Kier alpha value is -2.83. The number of benzene rings is 2. The molecular weight excluding hydrogens is 462 g/mol. The molecule has 3 aliphatic rings. The quantitative estimate of drug-likeness (QED) is 0.360. The first kappa shape index (κ1) is 25.8. The number of aldehydes is 1. The lowest BCUT2D eigenvalue weighted by Crippen LogP contribution is -2.59. The average molecular weight is 502 g/mol. The second-order valence-corrected chi connectivity index (χ2v) is 11.0. The molecule has 3 fully saturated rings. The van der Waals surface area contributed by atoms with Crippen LogP contribution < -0.4 is 0 Å². The van der Waals surface area contributed by atoms with Gasteiger partial charge in [0, 0.05) is 43.2 Å². The van der Waals surface area contributed by atoms with Gasteiger partial charge in [0.15, 0.2) is 5.78 Å². The molecule has 1 saturated carbocycles. The molecule has 6 heteroatoms. The number of likely N-dealkylation sites (tertiary alicyclic amines) is 1. The Bertz CT molecular complexity index is 1090. The van der Waals surface area contributed by atoms with Gasteiger partial charge in [-0.2, -0.15) is 0 Å². The second-order valence-electron chi connectivity index (χ2n) is 11.0. The molecule has 0 unspecified atom stereocenters. The van der Waals surface area contributed by atoms with E-state index in [1.807, 2.05) is 53.4 Å². The van der Waals surface area contributed by atoms with E-state index in [0.717, 1.165) is 56.3 Å². The molecule has 196 valence electrons. The van der Waals surface area contributed by atoms with Gasteiger partial charge < -0.3 is 9.80 Å². The highest BCUT2D eigenvalue weighted by Gasteiger charge is 2.55. The standard InChI is InChI=1S/C31H39N3O3/c35-23-26-10-7-9-25(21-26)22-33-24-34(28-13-5-2-6-14-28)31(30(33)37)16-19-32(20-17-31)18-8-15-29(36)27-11-3-1-4-12-27/h1,3-4,7,9-12,21,23,28H,2,5-6,8,13-20,22,24H2. The summed E-state index contributed by atoms with van der Waals surface area (Å²) in [4.78, 5) is 44.8. The minimum atomic E-state index is -0.416.